The van der Waals surface area contributed by atoms with E-state index in [0.29, 0.717) is 12.2 Å². The van der Waals surface area contributed by atoms with Gasteiger partial charge in [0.1, 0.15) is 5.82 Å². The van der Waals surface area contributed by atoms with E-state index in [0.717, 1.165) is 22.5 Å². The van der Waals surface area contributed by atoms with Crippen LogP contribution in [0.3, 0.4) is 0 Å². The number of rotatable bonds is 7. The molecular weight excluding hydrogens is 362 g/mol. The molecule has 0 radical (unpaired) electrons. The van der Waals surface area contributed by atoms with Gasteiger partial charge >= 0.3 is 5.97 Å². The molecule has 0 unspecified atom stereocenters. The normalized spacial score (nSPS) is 10.6. The lowest BCUT2D eigenvalue weighted by molar-refractivity contribution is -0.147. The van der Waals surface area contributed by atoms with Gasteiger partial charge in [0.25, 0.3) is 5.91 Å². The Kier molecular flexibility index (Phi) is 6.03. The van der Waals surface area contributed by atoms with Crippen LogP contribution < -0.4 is 5.32 Å². The van der Waals surface area contributed by atoms with Crippen LogP contribution in [0.2, 0.25) is 0 Å². The molecule has 0 atom stereocenters. The Hall–Kier alpha value is -2.93. The van der Waals surface area contributed by atoms with E-state index >= 15 is 0 Å². The predicted molar refractivity (Wildman–Crippen MR) is 105 cm³/mol. The summed E-state index contributed by atoms with van der Waals surface area (Å²) in [5.74, 6) is -0.248. The number of aryl methyl sites for hydroxylation is 3. The van der Waals surface area contributed by atoms with Crippen molar-refractivity contribution < 1.29 is 14.3 Å². The first kappa shape index (κ1) is 18.8. The van der Waals surface area contributed by atoms with Gasteiger partial charge in [0.2, 0.25) is 0 Å². The number of nitrogens with one attached hydrogen (secondary N) is 1. The molecule has 1 N–H and O–H groups in total. The van der Waals surface area contributed by atoms with Crippen molar-refractivity contribution in [3.63, 3.8) is 0 Å². The number of anilines is 1. The van der Waals surface area contributed by atoms with E-state index in [1.54, 1.807) is 22.1 Å². The standard InChI is InChI=1S/C20H21N3O3S/c1-14-3-6-17(7-4-14)23-18(11-15(2)22-23)21-19(24)12-26-20(25)8-5-16-9-10-27-13-16/h3-4,6-7,9-11,13H,5,8,12H2,1-2H3,(H,21,24). The Morgan fingerprint density at radius 2 is 1.96 bits per heavy atom. The number of hydrogen-bond acceptors (Lipinski definition) is 5. The summed E-state index contributed by atoms with van der Waals surface area (Å²) < 4.78 is 6.72. The van der Waals surface area contributed by atoms with Crippen LogP contribution in [0.1, 0.15) is 23.2 Å². The van der Waals surface area contributed by atoms with E-state index in [4.69, 9.17) is 4.74 Å². The molecule has 6 nitrogen and oxygen atoms in total. The van der Waals surface area contributed by atoms with Crippen molar-refractivity contribution in [1.29, 1.82) is 0 Å². The summed E-state index contributed by atoms with van der Waals surface area (Å²) in [6.07, 6.45) is 0.869. The Balaban J connectivity index is 1.55. The fraction of sp³-hybridized carbons (Fsp3) is 0.250. The molecule has 0 saturated heterocycles. The van der Waals surface area contributed by atoms with Crippen molar-refractivity contribution in [2.75, 3.05) is 11.9 Å². The van der Waals surface area contributed by atoms with Gasteiger partial charge in [0, 0.05) is 12.5 Å². The summed E-state index contributed by atoms with van der Waals surface area (Å²) in [5, 5.41) is 11.1. The van der Waals surface area contributed by atoms with Crippen molar-refractivity contribution in [3.8, 4) is 5.69 Å². The highest BCUT2D eigenvalue weighted by Crippen LogP contribution is 2.17. The molecule has 0 fully saturated rings. The second kappa shape index (κ2) is 8.64. The minimum Gasteiger partial charge on any atom is -0.456 e. The zero-order valence-corrected chi connectivity index (χ0v) is 16.1. The van der Waals surface area contributed by atoms with E-state index < -0.39 is 5.91 Å². The largest absolute Gasteiger partial charge is 0.456 e. The van der Waals surface area contributed by atoms with Crippen LogP contribution in [0.5, 0.6) is 0 Å². The highest BCUT2D eigenvalue weighted by atomic mass is 32.1. The lowest BCUT2D eigenvalue weighted by Crippen LogP contribution is -2.22. The Morgan fingerprint density at radius 1 is 1.19 bits per heavy atom. The monoisotopic (exact) mass is 383 g/mol. The van der Waals surface area contributed by atoms with Crippen molar-refractivity contribution in [2.45, 2.75) is 26.7 Å². The number of nitrogens with zero attached hydrogens (tertiary/aromatic N) is 2. The highest BCUT2D eigenvalue weighted by Gasteiger charge is 2.13. The van der Waals surface area contributed by atoms with Crippen molar-refractivity contribution in [3.05, 3.63) is 64.0 Å². The van der Waals surface area contributed by atoms with Gasteiger partial charge in [-0.15, -0.1) is 0 Å². The second-order valence-corrected chi connectivity index (χ2v) is 7.04. The van der Waals surface area contributed by atoms with Crippen LogP contribution in [-0.4, -0.2) is 28.3 Å². The zero-order valence-electron chi connectivity index (χ0n) is 15.3. The molecule has 0 aliphatic carbocycles. The van der Waals surface area contributed by atoms with E-state index in [2.05, 4.69) is 10.4 Å². The molecule has 0 bridgehead atoms. The first-order valence-corrected chi connectivity index (χ1v) is 9.56. The summed E-state index contributed by atoms with van der Waals surface area (Å²) in [7, 11) is 0. The molecule has 1 amide bonds. The third-order valence-electron chi connectivity index (χ3n) is 3.94. The first-order chi connectivity index (χ1) is 13.0. The third-order valence-corrected chi connectivity index (χ3v) is 4.67. The number of amides is 1. The van der Waals surface area contributed by atoms with Gasteiger partial charge in [0.15, 0.2) is 6.61 Å². The summed E-state index contributed by atoms with van der Waals surface area (Å²) in [5.41, 5.74) is 3.86. The molecule has 0 saturated carbocycles. The molecule has 2 aromatic heterocycles. The molecule has 0 aliphatic rings. The highest BCUT2D eigenvalue weighted by molar-refractivity contribution is 7.07. The average molecular weight is 383 g/mol. The molecular formula is C20H21N3O3S. The van der Waals surface area contributed by atoms with Gasteiger partial charge in [-0.25, -0.2) is 4.68 Å². The van der Waals surface area contributed by atoms with Gasteiger partial charge in [0.05, 0.1) is 11.4 Å². The number of aromatic nitrogens is 2. The second-order valence-electron chi connectivity index (χ2n) is 6.26. The minimum atomic E-state index is -0.396. The molecule has 7 heteroatoms. The molecule has 27 heavy (non-hydrogen) atoms. The van der Waals surface area contributed by atoms with Crippen molar-refractivity contribution in [1.82, 2.24) is 9.78 Å². The van der Waals surface area contributed by atoms with E-state index in [1.165, 1.54) is 0 Å². The van der Waals surface area contributed by atoms with Crippen LogP contribution in [0, 0.1) is 13.8 Å². The lowest BCUT2D eigenvalue weighted by Gasteiger charge is -2.09. The van der Waals surface area contributed by atoms with Crippen LogP contribution in [0.25, 0.3) is 5.69 Å². The fourth-order valence-corrected chi connectivity index (χ4v) is 3.25. The summed E-state index contributed by atoms with van der Waals surface area (Å²) in [4.78, 5) is 24.0. The Bertz CT molecular complexity index is 915. The first-order valence-electron chi connectivity index (χ1n) is 8.61. The molecule has 2 heterocycles. The summed E-state index contributed by atoms with van der Waals surface area (Å²) in [6.45, 7) is 3.54. The number of ether oxygens (including phenoxy) is 1. The van der Waals surface area contributed by atoms with Gasteiger partial charge in [-0.1, -0.05) is 17.7 Å². The Labute approximate surface area is 161 Å². The predicted octanol–water partition coefficient (Wildman–Crippen LogP) is 3.67. The van der Waals surface area contributed by atoms with Crippen LogP contribution >= 0.6 is 11.3 Å². The molecule has 1 aromatic carbocycles. The topological polar surface area (TPSA) is 73.2 Å². The molecule has 3 rings (SSSR count). The van der Waals surface area contributed by atoms with Gasteiger partial charge in [-0.2, -0.15) is 16.4 Å². The molecule has 0 aliphatic heterocycles. The van der Waals surface area contributed by atoms with Crippen LogP contribution in [0.15, 0.2) is 47.2 Å². The number of carbonyl (C=O) groups excluding carboxylic acids is 2. The smallest absolute Gasteiger partial charge is 0.306 e. The van der Waals surface area contributed by atoms with Crippen molar-refractivity contribution >= 4 is 29.0 Å². The summed E-state index contributed by atoms with van der Waals surface area (Å²) in [6, 6.07) is 11.6. The average Bonchev–Trinajstić information content (AvgIpc) is 3.28. The maximum atomic E-state index is 12.2. The van der Waals surface area contributed by atoms with Gasteiger partial charge in [-0.05, 0) is 54.8 Å². The number of thiophene rings is 1. The minimum absolute atomic E-state index is 0.254. The van der Waals surface area contributed by atoms with Gasteiger partial charge < -0.3 is 10.1 Å². The van der Waals surface area contributed by atoms with E-state index in [9.17, 15) is 9.59 Å². The fourth-order valence-electron chi connectivity index (χ4n) is 2.55. The number of esters is 1. The van der Waals surface area contributed by atoms with E-state index in [-0.39, 0.29) is 19.0 Å². The third kappa shape index (κ3) is 5.27. The lowest BCUT2D eigenvalue weighted by atomic mass is 10.2. The van der Waals surface area contributed by atoms with Crippen molar-refractivity contribution in [2.24, 2.45) is 0 Å². The van der Waals surface area contributed by atoms with Gasteiger partial charge in [-0.3, -0.25) is 9.59 Å². The Morgan fingerprint density at radius 3 is 2.67 bits per heavy atom. The number of carbonyl (C=O) groups is 2. The van der Waals surface area contributed by atoms with E-state index in [1.807, 2.05) is 54.9 Å². The molecule has 140 valence electrons. The molecule has 0 spiro atoms. The van der Waals surface area contributed by atoms with Crippen LogP contribution in [-0.2, 0) is 20.7 Å². The maximum absolute atomic E-state index is 12.2. The number of hydrogen-bond donors (Lipinski definition) is 1. The SMILES string of the molecule is Cc1ccc(-n2nc(C)cc2NC(=O)COC(=O)CCc2ccsc2)cc1. The number of benzene rings is 1. The summed E-state index contributed by atoms with van der Waals surface area (Å²) >= 11 is 1.59. The zero-order chi connectivity index (χ0) is 19.2. The van der Waals surface area contributed by atoms with Crippen LogP contribution in [0.4, 0.5) is 5.82 Å². The maximum Gasteiger partial charge on any atom is 0.306 e. The quantitative estimate of drug-likeness (QED) is 0.632. The molecule has 3 aromatic rings.